The zero-order chi connectivity index (χ0) is 20.1. The van der Waals surface area contributed by atoms with E-state index in [1.165, 1.54) is 18.6 Å². The molecule has 0 bridgehead atoms. The molecule has 0 unspecified atom stereocenters. The van der Waals surface area contributed by atoms with Gasteiger partial charge in [0, 0.05) is 5.92 Å². The summed E-state index contributed by atoms with van der Waals surface area (Å²) in [6, 6.07) is 2.91. The highest BCUT2D eigenvalue weighted by Crippen LogP contribution is 2.38. The van der Waals surface area contributed by atoms with Crippen molar-refractivity contribution in [3.8, 4) is 11.8 Å². The predicted octanol–water partition coefficient (Wildman–Crippen LogP) is 7.59. The maximum atomic E-state index is 14.5. The van der Waals surface area contributed by atoms with Crippen molar-refractivity contribution in [3.63, 3.8) is 0 Å². The van der Waals surface area contributed by atoms with Crippen LogP contribution in [0.15, 0.2) is 24.3 Å². The first-order chi connectivity index (χ1) is 13.5. The van der Waals surface area contributed by atoms with Gasteiger partial charge in [0.05, 0.1) is 5.56 Å². The van der Waals surface area contributed by atoms with Crippen LogP contribution in [0.2, 0.25) is 0 Å². The normalized spacial score (nSPS) is 27.6. The van der Waals surface area contributed by atoms with E-state index >= 15 is 0 Å². The molecule has 0 amide bonds. The number of rotatable bonds is 3. The Bertz CT molecular complexity index is 728. The average molecular weight is 392 g/mol. The summed E-state index contributed by atoms with van der Waals surface area (Å²) in [5.74, 6) is 5.35. The van der Waals surface area contributed by atoms with Crippen molar-refractivity contribution < 1.29 is 17.6 Å². The van der Waals surface area contributed by atoms with E-state index in [0.29, 0.717) is 25.7 Å². The van der Waals surface area contributed by atoms with E-state index in [0.717, 1.165) is 43.2 Å². The van der Waals surface area contributed by atoms with Gasteiger partial charge in [0.1, 0.15) is 11.6 Å². The van der Waals surface area contributed by atoms with Crippen molar-refractivity contribution in [2.45, 2.75) is 70.6 Å². The van der Waals surface area contributed by atoms with Gasteiger partial charge >= 0.3 is 0 Å². The van der Waals surface area contributed by atoms with Crippen LogP contribution in [0.3, 0.4) is 0 Å². The van der Waals surface area contributed by atoms with Gasteiger partial charge in [0.25, 0.3) is 6.08 Å². The molecule has 1 aromatic rings. The van der Waals surface area contributed by atoms with Crippen LogP contribution in [0, 0.1) is 41.2 Å². The summed E-state index contributed by atoms with van der Waals surface area (Å²) in [5.41, 5.74) is 0.582. The van der Waals surface area contributed by atoms with Crippen molar-refractivity contribution in [3.05, 3.63) is 47.1 Å². The van der Waals surface area contributed by atoms with Crippen molar-refractivity contribution in [2.24, 2.45) is 17.8 Å². The Morgan fingerprint density at radius 1 is 0.964 bits per heavy atom. The number of halogens is 4. The van der Waals surface area contributed by atoms with E-state index in [-0.39, 0.29) is 23.3 Å². The molecule has 2 aliphatic carbocycles. The van der Waals surface area contributed by atoms with Crippen LogP contribution in [0.25, 0.3) is 0 Å². The Morgan fingerprint density at radius 2 is 1.57 bits per heavy atom. The summed E-state index contributed by atoms with van der Waals surface area (Å²) in [5, 5.41) is 0. The molecule has 0 N–H and O–H groups in total. The van der Waals surface area contributed by atoms with E-state index < -0.39 is 17.7 Å². The standard InChI is InChI=1S/C24H28F4/c1-2-16-7-10-19(11-8-16)20-14-22(25)21(23(26)15-20)12-9-17-3-5-18(6-4-17)13-24(27)28/h13-19H,2-8,10-11H2,1H3. The summed E-state index contributed by atoms with van der Waals surface area (Å²) >= 11 is 0. The van der Waals surface area contributed by atoms with Crippen molar-refractivity contribution in [2.75, 3.05) is 0 Å². The first kappa shape index (κ1) is 21.0. The molecule has 0 heterocycles. The smallest absolute Gasteiger partial charge is 0.206 e. The fraction of sp³-hybridized carbons (Fsp3) is 0.583. The maximum Gasteiger partial charge on any atom is 0.266 e. The third-order valence-electron chi connectivity index (χ3n) is 6.49. The molecule has 3 rings (SSSR count). The summed E-state index contributed by atoms with van der Waals surface area (Å²) in [7, 11) is 0. The molecule has 0 aromatic heterocycles. The van der Waals surface area contributed by atoms with Gasteiger partial charge in [-0.3, -0.25) is 0 Å². The SMILES string of the molecule is CCC1CCC(c2cc(F)c(C#CC3CCC(C=C(F)F)CC3)c(F)c2)CC1. The molecule has 152 valence electrons. The third kappa shape index (κ3) is 5.40. The zero-order valence-electron chi connectivity index (χ0n) is 16.4. The minimum Gasteiger partial charge on any atom is -0.206 e. The predicted molar refractivity (Wildman–Crippen MR) is 104 cm³/mol. The second-order valence-electron chi connectivity index (χ2n) is 8.32. The summed E-state index contributed by atoms with van der Waals surface area (Å²) in [4.78, 5) is 0. The van der Waals surface area contributed by atoms with Gasteiger partial charge in [-0.05, 0) is 92.9 Å². The van der Waals surface area contributed by atoms with Crippen LogP contribution in [0.1, 0.15) is 81.8 Å². The Hall–Kier alpha value is -1.76. The lowest BCUT2D eigenvalue weighted by molar-refractivity contribution is 0.318. The van der Waals surface area contributed by atoms with Crippen LogP contribution >= 0.6 is 0 Å². The lowest BCUT2D eigenvalue weighted by Gasteiger charge is -2.28. The number of hydrogen-bond donors (Lipinski definition) is 0. The molecule has 0 radical (unpaired) electrons. The maximum absolute atomic E-state index is 14.5. The average Bonchev–Trinajstić information content (AvgIpc) is 2.68. The highest BCUT2D eigenvalue weighted by atomic mass is 19.3. The van der Waals surface area contributed by atoms with Crippen LogP contribution in [0.5, 0.6) is 0 Å². The molecule has 2 fully saturated rings. The monoisotopic (exact) mass is 392 g/mol. The molecule has 0 atom stereocenters. The van der Waals surface area contributed by atoms with Gasteiger partial charge in [0.15, 0.2) is 0 Å². The first-order valence-corrected chi connectivity index (χ1v) is 10.5. The van der Waals surface area contributed by atoms with E-state index in [9.17, 15) is 17.6 Å². The highest BCUT2D eigenvalue weighted by Gasteiger charge is 2.23. The Kier molecular flexibility index (Phi) is 7.21. The van der Waals surface area contributed by atoms with E-state index in [2.05, 4.69) is 18.8 Å². The molecule has 1 aromatic carbocycles. The number of allylic oxidation sites excluding steroid dienone is 1. The number of benzene rings is 1. The van der Waals surface area contributed by atoms with Gasteiger partial charge in [-0.25, -0.2) is 8.78 Å². The zero-order valence-corrected chi connectivity index (χ0v) is 16.4. The molecule has 4 heteroatoms. The second kappa shape index (κ2) is 9.63. The van der Waals surface area contributed by atoms with Gasteiger partial charge in [-0.1, -0.05) is 25.2 Å². The van der Waals surface area contributed by atoms with Crippen LogP contribution in [0.4, 0.5) is 17.6 Å². The molecule has 0 spiro atoms. The Morgan fingerprint density at radius 3 is 2.11 bits per heavy atom. The Labute approximate surface area is 165 Å². The van der Waals surface area contributed by atoms with Crippen LogP contribution in [-0.4, -0.2) is 0 Å². The second-order valence-corrected chi connectivity index (χ2v) is 8.32. The van der Waals surface area contributed by atoms with E-state index in [1.807, 2.05) is 0 Å². The summed E-state index contributed by atoms with van der Waals surface area (Å²) < 4.78 is 53.7. The van der Waals surface area contributed by atoms with Crippen molar-refractivity contribution in [1.29, 1.82) is 0 Å². The molecule has 2 saturated carbocycles. The lowest BCUT2D eigenvalue weighted by Crippen LogP contribution is -2.13. The fourth-order valence-corrected chi connectivity index (χ4v) is 4.63. The molecule has 0 nitrogen and oxygen atoms in total. The Balaban J connectivity index is 1.65. The number of hydrogen-bond acceptors (Lipinski definition) is 0. The molecular formula is C24H28F4. The van der Waals surface area contributed by atoms with Crippen LogP contribution < -0.4 is 0 Å². The quantitative estimate of drug-likeness (QED) is 0.367. The molecule has 0 saturated heterocycles. The first-order valence-electron chi connectivity index (χ1n) is 10.5. The molecule has 0 aliphatic heterocycles. The topological polar surface area (TPSA) is 0 Å². The van der Waals surface area contributed by atoms with Gasteiger partial charge in [0.2, 0.25) is 0 Å². The largest absolute Gasteiger partial charge is 0.266 e. The van der Waals surface area contributed by atoms with E-state index in [4.69, 9.17) is 0 Å². The summed E-state index contributed by atoms with van der Waals surface area (Å²) in [6.45, 7) is 2.19. The van der Waals surface area contributed by atoms with Crippen molar-refractivity contribution >= 4 is 0 Å². The minimum atomic E-state index is -1.64. The molecule has 28 heavy (non-hydrogen) atoms. The van der Waals surface area contributed by atoms with E-state index in [1.54, 1.807) is 0 Å². The minimum absolute atomic E-state index is 0.00937. The van der Waals surface area contributed by atoms with Gasteiger partial charge in [-0.2, -0.15) is 8.78 Å². The van der Waals surface area contributed by atoms with Gasteiger partial charge < -0.3 is 0 Å². The molecule has 2 aliphatic rings. The highest BCUT2D eigenvalue weighted by molar-refractivity contribution is 5.40. The molecular weight excluding hydrogens is 364 g/mol. The fourth-order valence-electron chi connectivity index (χ4n) is 4.63. The van der Waals surface area contributed by atoms with Gasteiger partial charge in [-0.15, -0.1) is 0 Å². The lowest BCUT2D eigenvalue weighted by atomic mass is 9.77. The van der Waals surface area contributed by atoms with Crippen molar-refractivity contribution in [1.82, 2.24) is 0 Å². The summed E-state index contributed by atoms with van der Waals surface area (Å²) in [6.07, 6.45) is 7.41. The van der Waals surface area contributed by atoms with Crippen LogP contribution in [-0.2, 0) is 0 Å². The third-order valence-corrected chi connectivity index (χ3v) is 6.49.